The molecule has 0 aliphatic carbocycles. The highest BCUT2D eigenvalue weighted by Crippen LogP contribution is 2.19. The molecule has 0 N–H and O–H groups in total. The lowest BCUT2D eigenvalue weighted by atomic mass is 9.68. The van der Waals surface area contributed by atoms with Crippen LogP contribution in [0.15, 0.2) is 0 Å². The van der Waals surface area contributed by atoms with Gasteiger partial charge in [0, 0.05) is 18.5 Å². The van der Waals surface area contributed by atoms with E-state index in [0.29, 0.717) is 0 Å². The van der Waals surface area contributed by atoms with Gasteiger partial charge < -0.3 is 4.90 Å². The Kier molecular flexibility index (Phi) is 2.81. The van der Waals surface area contributed by atoms with Crippen molar-refractivity contribution in [1.29, 1.82) is 0 Å². The molecule has 1 amide bonds. The standard InChI is InChI=1S/C9H17BNO/c1-9(2,3)8(12)11-6-4-10-5-7-11/h4-7H2,1-3H3. The highest BCUT2D eigenvalue weighted by molar-refractivity contribution is 6.36. The normalized spacial score (nSPS) is 18.8. The average molecular weight is 166 g/mol. The van der Waals surface area contributed by atoms with Crippen molar-refractivity contribution in [2.75, 3.05) is 13.1 Å². The van der Waals surface area contributed by atoms with Crippen molar-refractivity contribution in [3.8, 4) is 0 Å². The Morgan fingerprint density at radius 2 is 1.75 bits per heavy atom. The Bertz CT molecular complexity index is 168. The number of amides is 1. The summed E-state index contributed by atoms with van der Waals surface area (Å²) in [5, 5.41) is 0. The Morgan fingerprint density at radius 1 is 1.25 bits per heavy atom. The minimum absolute atomic E-state index is 0.211. The van der Waals surface area contributed by atoms with Crippen LogP contribution in [-0.2, 0) is 4.79 Å². The zero-order valence-corrected chi connectivity index (χ0v) is 8.26. The van der Waals surface area contributed by atoms with Gasteiger partial charge in [-0.3, -0.25) is 4.79 Å². The smallest absolute Gasteiger partial charge is 0.227 e. The highest BCUT2D eigenvalue weighted by atomic mass is 16.2. The molecule has 0 aromatic heterocycles. The van der Waals surface area contributed by atoms with Crippen molar-refractivity contribution < 1.29 is 4.79 Å². The van der Waals surface area contributed by atoms with Crippen molar-refractivity contribution in [3.05, 3.63) is 0 Å². The average Bonchev–Trinajstić information content (AvgIpc) is 2.03. The maximum Gasteiger partial charge on any atom is 0.227 e. The molecule has 3 heteroatoms. The van der Waals surface area contributed by atoms with Crippen LogP contribution in [0, 0.1) is 5.41 Å². The number of rotatable bonds is 0. The van der Waals surface area contributed by atoms with E-state index in [1.807, 2.05) is 25.7 Å². The molecule has 1 radical (unpaired) electrons. The lowest BCUT2D eigenvalue weighted by molar-refractivity contribution is -0.139. The fourth-order valence-electron chi connectivity index (χ4n) is 1.43. The van der Waals surface area contributed by atoms with Crippen LogP contribution in [0.3, 0.4) is 0 Å². The maximum absolute atomic E-state index is 11.7. The van der Waals surface area contributed by atoms with Crippen molar-refractivity contribution in [2.45, 2.75) is 33.4 Å². The third-order valence-electron chi connectivity index (χ3n) is 2.14. The summed E-state index contributed by atoms with van der Waals surface area (Å²) < 4.78 is 0. The summed E-state index contributed by atoms with van der Waals surface area (Å²) in [7, 11) is 2.26. The summed E-state index contributed by atoms with van der Waals surface area (Å²) in [5.74, 6) is 0.288. The van der Waals surface area contributed by atoms with E-state index in [1.165, 1.54) is 0 Å². The van der Waals surface area contributed by atoms with E-state index in [9.17, 15) is 4.79 Å². The van der Waals surface area contributed by atoms with Gasteiger partial charge >= 0.3 is 0 Å². The molecule has 1 rings (SSSR count). The van der Waals surface area contributed by atoms with Gasteiger partial charge in [-0.1, -0.05) is 33.4 Å². The van der Waals surface area contributed by atoms with Crippen molar-refractivity contribution in [3.63, 3.8) is 0 Å². The summed E-state index contributed by atoms with van der Waals surface area (Å²) in [5.41, 5.74) is -0.211. The lowest BCUT2D eigenvalue weighted by Gasteiger charge is -2.32. The minimum Gasteiger partial charge on any atom is -0.344 e. The third-order valence-corrected chi connectivity index (χ3v) is 2.14. The molecule has 1 heterocycles. The molecule has 0 atom stereocenters. The predicted molar refractivity (Wildman–Crippen MR) is 51.4 cm³/mol. The van der Waals surface area contributed by atoms with Crippen LogP contribution in [0.1, 0.15) is 20.8 Å². The van der Waals surface area contributed by atoms with Gasteiger partial charge in [0.1, 0.15) is 7.28 Å². The number of hydrogen-bond donors (Lipinski definition) is 0. The van der Waals surface area contributed by atoms with Gasteiger partial charge in [-0.15, -0.1) is 0 Å². The molecule has 0 aromatic carbocycles. The second kappa shape index (κ2) is 3.50. The van der Waals surface area contributed by atoms with E-state index in [4.69, 9.17) is 0 Å². The first-order valence-corrected chi connectivity index (χ1v) is 4.63. The van der Waals surface area contributed by atoms with Crippen LogP contribution < -0.4 is 0 Å². The minimum atomic E-state index is -0.211. The second-order valence-electron chi connectivity index (χ2n) is 4.41. The Hall–Kier alpha value is -0.465. The molecule has 2 nitrogen and oxygen atoms in total. The van der Waals surface area contributed by atoms with Gasteiger partial charge in [-0.05, 0) is 0 Å². The first-order chi connectivity index (χ1) is 5.52. The van der Waals surface area contributed by atoms with Crippen LogP contribution in [0.5, 0.6) is 0 Å². The summed E-state index contributed by atoms with van der Waals surface area (Å²) in [6.07, 6.45) is 2.11. The summed E-state index contributed by atoms with van der Waals surface area (Å²) in [6.45, 7) is 7.77. The number of carbonyl (C=O) groups excluding carboxylic acids is 1. The Morgan fingerprint density at radius 3 is 2.17 bits per heavy atom. The molecule has 1 saturated heterocycles. The van der Waals surface area contributed by atoms with Crippen molar-refractivity contribution in [1.82, 2.24) is 4.90 Å². The molecular weight excluding hydrogens is 149 g/mol. The van der Waals surface area contributed by atoms with Gasteiger partial charge in [-0.2, -0.15) is 0 Å². The monoisotopic (exact) mass is 166 g/mol. The zero-order valence-electron chi connectivity index (χ0n) is 8.26. The molecule has 1 fully saturated rings. The summed E-state index contributed by atoms with van der Waals surface area (Å²) in [4.78, 5) is 13.7. The van der Waals surface area contributed by atoms with E-state index in [0.717, 1.165) is 25.7 Å². The quantitative estimate of drug-likeness (QED) is 0.498. The molecule has 0 aromatic rings. The lowest BCUT2D eigenvalue weighted by Crippen LogP contribution is -2.43. The van der Waals surface area contributed by atoms with Crippen LogP contribution in [0.25, 0.3) is 0 Å². The summed E-state index contributed by atoms with van der Waals surface area (Å²) >= 11 is 0. The van der Waals surface area contributed by atoms with Gasteiger partial charge in [-0.25, -0.2) is 0 Å². The van der Waals surface area contributed by atoms with Crippen molar-refractivity contribution >= 4 is 13.2 Å². The van der Waals surface area contributed by atoms with E-state index in [2.05, 4.69) is 7.28 Å². The SMILES string of the molecule is CC(C)(C)C(=O)N1CC[B]CC1. The van der Waals surface area contributed by atoms with Gasteiger partial charge in [0.05, 0.1) is 0 Å². The van der Waals surface area contributed by atoms with Gasteiger partial charge in [0.15, 0.2) is 0 Å². The van der Waals surface area contributed by atoms with Crippen LogP contribution in [-0.4, -0.2) is 31.2 Å². The van der Waals surface area contributed by atoms with E-state index >= 15 is 0 Å². The van der Waals surface area contributed by atoms with Gasteiger partial charge in [0.2, 0.25) is 5.91 Å². The van der Waals surface area contributed by atoms with Crippen LogP contribution >= 0.6 is 0 Å². The molecule has 0 saturated carbocycles. The van der Waals surface area contributed by atoms with Gasteiger partial charge in [0.25, 0.3) is 0 Å². The molecule has 0 spiro atoms. The Labute approximate surface area is 75.6 Å². The number of hydrogen-bond acceptors (Lipinski definition) is 1. The Balaban J connectivity index is 2.51. The largest absolute Gasteiger partial charge is 0.344 e. The molecule has 1 aliphatic heterocycles. The molecular formula is C9H17BNO. The molecule has 0 bridgehead atoms. The van der Waals surface area contributed by atoms with Crippen molar-refractivity contribution in [2.24, 2.45) is 5.41 Å². The maximum atomic E-state index is 11.7. The fraction of sp³-hybridized carbons (Fsp3) is 0.889. The van der Waals surface area contributed by atoms with Crippen LogP contribution in [0.4, 0.5) is 0 Å². The zero-order chi connectivity index (χ0) is 9.19. The first kappa shape index (κ1) is 9.62. The van der Waals surface area contributed by atoms with E-state index in [1.54, 1.807) is 0 Å². The summed E-state index contributed by atoms with van der Waals surface area (Å²) in [6, 6.07) is 0. The molecule has 0 unspecified atom stereocenters. The predicted octanol–water partition coefficient (Wildman–Crippen LogP) is 1.42. The highest BCUT2D eigenvalue weighted by Gasteiger charge is 2.27. The van der Waals surface area contributed by atoms with Crippen LogP contribution in [0.2, 0.25) is 12.6 Å². The second-order valence-corrected chi connectivity index (χ2v) is 4.41. The number of nitrogens with zero attached hydrogens (tertiary/aromatic N) is 1. The molecule has 67 valence electrons. The fourth-order valence-corrected chi connectivity index (χ4v) is 1.43. The third kappa shape index (κ3) is 2.26. The topological polar surface area (TPSA) is 20.3 Å². The van der Waals surface area contributed by atoms with E-state index < -0.39 is 0 Å². The molecule has 12 heavy (non-hydrogen) atoms. The first-order valence-electron chi connectivity index (χ1n) is 4.63. The number of carbonyl (C=O) groups is 1. The van der Waals surface area contributed by atoms with E-state index in [-0.39, 0.29) is 11.3 Å². The molecule has 1 aliphatic rings.